The van der Waals surface area contributed by atoms with Gasteiger partial charge in [0.25, 0.3) is 5.56 Å². The number of hydrogen-bond acceptors (Lipinski definition) is 5. The zero-order chi connectivity index (χ0) is 19.2. The van der Waals surface area contributed by atoms with Gasteiger partial charge in [0.15, 0.2) is 5.16 Å². The van der Waals surface area contributed by atoms with E-state index >= 15 is 0 Å². The smallest absolute Gasteiger partial charge is 0.262 e. The van der Waals surface area contributed by atoms with Crippen molar-refractivity contribution in [1.29, 1.82) is 0 Å². The van der Waals surface area contributed by atoms with Gasteiger partial charge in [-0.2, -0.15) is 0 Å². The first kappa shape index (κ1) is 19.3. The van der Waals surface area contributed by atoms with Crippen LogP contribution in [0.25, 0.3) is 10.9 Å². The monoisotopic (exact) mass is 384 g/mol. The molecule has 3 rings (SSSR count). The molecule has 1 aromatic heterocycles. The van der Waals surface area contributed by atoms with Gasteiger partial charge < -0.3 is 9.47 Å². The summed E-state index contributed by atoms with van der Waals surface area (Å²) >= 11 is 1.54. The van der Waals surface area contributed by atoms with Crippen LogP contribution in [0.4, 0.5) is 0 Å². The highest BCUT2D eigenvalue weighted by atomic mass is 32.2. The summed E-state index contributed by atoms with van der Waals surface area (Å²) in [6.07, 6.45) is 0. The second kappa shape index (κ2) is 8.95. The Hall–Kier alpha value is -2.47. The standard InChI is InChI=1S/C21H24N2O3S/c1-4-25-16-9-11-17(12-10-16)26-13-14-27-21-22-19-8-6-5-7-18(19)20(24)23(21)15(2)3/h5-12,15H,4,13-14H2,1-3H3. The Morgan fingerprint density at radius 2 is 1.70 bits per heavy atom. The van der Waals surface area contributed by atoms with Gasteiger partial charge in [-0.3, -0.25) is 9.36 Å². The van der Waals surface area contributed by atoms with Gasteiger partial charge in [0.05, 0.1) is 24.1 Å². The van der Waals surface area contributed by atoms with Gasteiger partial charge in [0.2, 0.25) is 0 Å². The van der Waals surface area contributed by atoms with E-state index in [1.54, 1.807) is 4.57 Å². The summed E-state index contributed by atoms with van der Waals surface area (Å²) in [5.41, 5.74) is 0.736. The first-order chi connectivity index (χ1) is 13.1. The zero-order valence-corrected chi connectivity index (χ0v) is 16.7. The van der Waals surface area contributed by atoms with Crippen LogP contribution in [0.2, 0.25) is 0 Å². The third-order valence-corrected chi connectivity index (χ3v) is 4.93. The van der Waals surface area contributed by atoms with Gasteiger partial charge in [-0.25, -0.2) is 4.98 Å². The van der Waals surface area contributed by atoms with E-state index in [0.717, 1.165) is 22.2 Å². The Morgan fingerprint density at radius 1 is 1.04 bits per heavy atom. The number of rotatable bonds is 8. The van der Waals surface area contributed by atoms with Crippen molar-refractivity contribution in [1.82, 2.24) is 9.55 Å². The van der Waals surface area contributed by atoms with Crippen LogP contribution in [0.3, 0.4) is 0 Å². The molecule has 0 N–H and O–H groups in total. The summed E-state index contributed by atoms with van der Waals surface area (Å²) in [5, 5.41) is 1.38. The molecule has 0 unspecified atom stereocenters. The number of fused-ring (bicyclic) bond motifs is 1. The summed E-state index contributed by atoms with van der Waals surface area (Å²) < 4.78 is 13.0. The Balaban J connectivity index is 1.67. The molecule has 0 aliphatic heterocycles. The van der Waals surface area contributed by atoms with E-state index in [0.29, 0.717) is 24.4 Å². The zero-order valence-electron chi connectivity index (χ0n) is 15.8. The molecule has 0 aliphatic carbocycles. The second-order valence-electron chi connectivity index (χ2n) is 6.28. The van der Waals surface area contributed by atoms with Gasteiger partial charge in [-0.1, -0.05) is 23.9 Å². The molecule has 0 saturated heterocycles. The first-order valence-electron chi connectivity index (χ1n) is 9.10. The fraction of sp³-hybridized carbons (Fsp3) is 0.333. The Kier molecular flexibility index (Phi) is 6.40. The molecule has 0 bridgehead atoms. The Labute approximate surface area is 163 Å². The molecule has 0 saturated carbocycles. The number of para-hydroxylation sites is 1. The number of benzene rings is 2. The second-order valence-corrected chi connectivity index (χ2v) is 7.34. The average Bonchev–Trinajstić information content (AvgIpc) is 2.66. The number of nitrogens with zero attached hydrogens (tertiary/aromatic N) is 2. The number of hydrogen-bond donors (Lipinski definition) is 0. The van der Waals surface area contributed by atoms with Crippen LogP contribution in [-0.2, 0) is 0 Å². The maximum Gasteiger partial charge on any atom is 0.262 e. The summed E-state index contributed by atoms with van der Waals surface area (Å²) in [7, 11) is 0. The molecular weight excluding hydrogens is 360 g/mol. The molecule has 142 valence electrons. The van der Waals surface area contributed by atoms with E-state index in [9.17, 15) is 4.79 Å². The molecule has 5 nitrogen and oxygen atoms in total. The third-order valence-electron chi connectivity index (χ3n) is 4.01. The molecule has 0 fully saturated rings. The van der Waals surface area contributed by atoms with Crippen LogP contribution in [0.15, 0.2) is 58.5 Å². The SMILES string of the molecule is CCOc1ccc(OCCSc2nc3ccccc3c(=O)n2C(C)C)cc1. The lowest BCUT2D eigenvalue weighted by atomic mass is 10.2. The van der Waals surface area contributed by atoms with Crippen molar-refractivity contribution < 1.29 is 9.47 Å². The molecule has 0 atom stereocenters. The van der Waals surface area contributed by atoms with Crippen molar-refractivity contribution in [2.45, 2.75) is 32.0 Å². The van der Waals surface area contributed by atoms with E-state index in [1.807, 2.05) is 69.3 Å². The average molecular weight is 385 g/mol. The Bertz CT molecular complexity index is 952. The van der Waals surface area contributed by atoms with Crippen LogP contribution >= 0.6 is 11.8 Å². The highest BCUT2D eigenvalue weighted by molar-refractivity contribution is 7.99. The fourth-order valence-corrected chi connectivity index (χ4v) is 3.72. The van der Waals surface area contributed by atoms with Gasteiger partial charge in [-0.05, 0) is 57.2 Å². The fourth-order valence-electron chi connectivity index (χ4n) is 2.77. The highest BCUT2D eigenvalue weighted by Gasteiger charge is 2.13. The predicted molar refractivity (Wildman–Crippen MR) is 110 cm³/mol. The third kappa shape index (κ3) is 4.63. The molecular formula is C21H24N2O3S. The number of ether oxygens (including phenoxy) is 2. The molecule has 6 heteroatoms. The van der Waals surface area contributed by atoms with Crippen LogP contribution in [0.1, 0.15) is 26.8 Å². The van der Waals surface area contributed by atoms with E-state index in [2.05, 4.69) is 4.98 Å². The lowest BCUT2D eigenvalue weighted by molar-refractivity contribution is 0.332. The van der Waals surface area contributed by atoms with Gasteiger partial charge in [-0.15, -0.1) is 0 Å². The van der Waals surface area contributed by atoms with Crippen molar-refractivity contribution in [3.8, 4) is 11.5 Å². The molecule has 0 radical (unpaired) electrons. The summed E-state index contributed by atoms with van der Waals surface area (Å²) in [5.74, 6) is 2.33. The largest absolute Gasteiger partial charge is 0.494 e. The van der Waals surface area contributed by atoms with Crippen LogP contribution < -0.4 is 15.0 Å². The van der Waals surface area contributed by atoms with E-state index < -0.39 is 0 Å². The molecule has 0 spiro atoms. The van der Waals surface area contributed by atoms with Crippen LogP contribution in [0.5, 0.6) is 11.5 Å². The van der Waals surface area contributed by atoms with Crippen molar-refractivity contribution in [3.63, 3.8) is 0 Å². The number of aromatic nitrogens is 2. The van der Waals surface area contributed by atoms with Crippen LogP contribution in [0, 0.1) is 0 Å². The highest BCUT2D eigenvalue weighted by Crippen LogP contribution is 2.22. The van der Waals surface area contributed by atoms with Crippen molar-refractivity contribution >= 4 is 22.7 Å². The van der Waals surface area contributed by atoms with Crippen molar-refractivity contribution in [3.05, 3.63) is 58.9 Å². The molecule has 0 aliphatic rings. The Morgan fingerprint density at radius 3 is 2.37 bits per heavy atom. The molecule has 3 aromatic rings. The normalized spacial score (nSPS) is 11.1. The minimum absolute atomic E-state index is 0.00512. The number of thioether (sulfide) groups is 1. The van der Waals surface area contributed by atoms with Crippen molar-refractivity contribution in [2.24, 2.45) is 0 Å². The van der Waals surface area contributed by atoms with Crippen molar-refractivity contribution in [2.75, 3.05) is 19.0 Å². The predicted octanol–water partition coefficient (Wildman–Crippen LogP) is 4.55. The molecule has 27 heavy (non-hydrogen) atoms. The minimum atomic E-state index is 0.00512. The van der Waals surface area contributed by atoms with Gasteiger partial charge in [0, 0.05) is 11.8 Å². The summed E-state index contributed by atoms with van der Waals surface area (Å²) in [4.78, 5) is 17.5. The van der Waals surface area contributed by atoms with E-state index in [-0.39, 0.29) is 11.6 Å². The molecule has 1 heterocycles. The molecule has 2 aromatic carbocycles. The quantitative estimate of drug-likeness (QED) is 0.324. The van der Waals surface area contributed by atoms with Gasteiger partial charge in [0.1, 0.15) is 11.5 Å². The van der Waals surface area contributed by atoms with Gasteiger partial charge >= 0.3 is 0 Å². The summed E-state index contributed by atoms with van der Waals surface area (Å²) in [6, 6.07) is 15.1. The van der Waals surface area contributed by atoms with E-state index in [1.165, 1.54) is 11.8 Å². The maximum atomic E-state index is 12.8. The summed E-state index contributed by atoms with van der Waals surface area (Å²) in [6.45, 7) is 7.13. The minimum Gasteiger partial charge on any atom is -0.494 e. The lowest BCUT2D eigenvalue weighted by Gasteiger charge is -2.16. The maximum absolute atomic E-state index is 12.8. The van der Waals surface area contributed by atoms with E-state index in [4.69, 9.17) is 9.47 Å². The lowest BCUT2D eigenvalue weighted by Crippen LogP contribution is -2.25. The van der Waals surface area contributed by atoms with Crippen LogP contribution in [-0.4, -0.2) is 28.5 Å². The first-order valence-corrected chi connectivity index (χ1v) is 10.1. The topological polar surface area (TPSA) is 53.4 Å². The molecule has 0 amide bonds.